The van der Waals surface area contributed by atoms with Crippen LogP contribution in [0.3, 0.4) is 0 Å². The number of aromatic hydroxyl groups is 1. The van der Waals surface area contributed by atoms with E-state index < -0.39 is 10.9 Å². The maximum absolute atomic E-state index is 12.0. The average Bonchev–Trinajstić information content (AvgIpc) is 3.10. The summed E-state index contributed by atoms with van der Waals surface area (Å²) in [5.74, 6) is 0.140. The van der Waals surface area contributed by atoms with Crippen molar-refractivity contribution in [3.63, 3.8) is 0 Å². The molecule has 4 rings (SSSR count). The van der Waals surface area contributed by atoms with Crippen LogP contribution in [0.1, 0.15) is 18.1 Å². The van der Waals surface area contributed by atoms with Crippen LogP contribution in [0.25, 0.3) is 0 Å². The number of phenols is 1. The lowest BCUT2D eigenvalue weighted by Crippen LogP contribution is -2.36. The number of fused-ring (bicyclic) bond motifs is 1. The van der Waals surface area contributed by atoms with E-state index in [1.807, 2.05) is 18.2 Å². The van der Waals surface area contributed by atoms with Crippen LogP contribution in [0.4, 0.5) is 22.7 Å². The summed E-state index contributed by atoms with van der Waals surface area (Å²) in [6.07, 6.45) is 0.749. The van der Waals surface area contributed by atoms with Crippen LogP contribution in [0, 0.1) is 0 Å². The van der Waals surface area contributed by atoms with E-state index in [0.717, 1.165) is 23.2 Å². The Bertz CT molecular complexity index is 1150. The van der Waals surface area contributed by atoms with Gasteiger partial charge in [-0.1, -0.05) is 12.1 Å². The number of nitrogens with one attached hydrogen (secondary N) is 2. The van der Waals surface area contributed by atoms with Crippen molar-refractivity contribution in [1.29, 1.82) is 0 Å². The van der Waals surface area contributed by atoms with E-state index in [1.54, 1.807) is 29.2 Å². The minimum atomic E-state index is -0.565. The lowest BCUT2D eigenvalue weighted by atomic mass is 10.1. The highest BCUT2D eigenvalue weighted by Crippen LogP contribution is 2.32. The van der Waals surface area contributed by atoms with Gasteiger partial charge in [-0.05, 0) is 47.9 Å². The van der Waals surface area contributed by atoms with Crippen molar-refractivity contribution in [2.75, 3.05) is 22.1 Å². The first kappa shape index (κ1) is 17.8. The van der Waals surface area contributed by atoms with E-state index in [0.29, 0.717) is 18.8 Å². The van der Waals surface area contributed by atoms with Crippen LogP contribution in [-0.4, -0.2) is 17.6 Å². The minimum absolute atomic E-state index is 0.000342. The molecule has 1 aliphatic heterocycles. The summed E-state index contributed by atoms with van der Waals surface area (Å²) in [5, 5.41) is 15.5. The van der Waals surface area contributed by atoms with Gasteiger partial charge in [-0.3, -0.25) is 14.4 Å². The topological polar surface area (TPSA) is 98.7 Å². The smallest absolute Gasteiger partial charge is 0.253 e. The van der Waals surface area contributed by atoms with E-state index in [-0.39, 0.29) is 23.0 Å². The summed E-state index contributed by atoms with van der Waals surface area (Å²) in [4.78, 5) is 37.3. The third-order valence-corrected chi connectivity index (χ3v) is 4.91. The zero-order valence-corrected chi connectivity index (χ0v) is 15.3. The van der Waals surface area contributed by atoms with Crippen molar-refractivity contribution in [3.8, 4) is 5.75 Å². The highest BCUT2D eigenvalue weighted by Gasteiger charge is 2.24. The quantitative estimate of drug-likeness (QED) is 0.590. The van der Waals surface area contributed by atoms with Gasteiger partial charge in [-0.2, -0.15) is 0 Å². The van der Waals surface area contributed by atoms with Gasteiger partial charge in [0.25, 0.3) is 10.9 Å². The Morgan fingerprint density at radius 3 is 2.64 bits per heavy atom. The third-order valence-electron chi connectivity index (χ3n) is 4.91. The van der Waals surface area contributed by atoms with Crippen molar-refractivity contribution in [1.82, 2.24) is 0 Å². The van der Waals surface area contributed by atoms with Crippen molar-refractivity contribution in [2.45, 2.75) is 19.9 Å². The molecule has 0 aromatic heterocycles. The van der Waals surface area contributed by atoms with Crippen molar-refractivity contribution >= 4 is 28.7 Å². The van der Waals surface area contributed by atoms with Crippen LogP contribution in [0.15, 0.2) is 52.1 Å². The third kappa shape index (κ3) is 3.11. The first-order valence-corrected chi connectivity index (χ1v) is 8.97. The first-order chi connectivity index (χ1) is 13.4. The molecule has 3 aromatic rings. The molecule has 0 saturated heterocycles. The van der Waals surface area contributed by atoms with Crippen LogP contribution in [0.5, 0.6) is 5.75 Å². The zero-order valence-electron chi connectivity index (χ0n) is 15.3. The normalized spacial score (nSPS) is 12.8. The van der Waals surface area contributed by atoms with Crippen molar-refractivity contribution in [3.05, 3.63) is 74.0 Å². The largest absolute Gasteiger partial charge is 0.508 e. The Hall–Kier alpha value is -3.61. The fourth-order valence-electron chi connectivity index (χ4n) is 3.49. The number of nitrogens with zero attached hydrogens (tertiary/aromatic N) is 1. The van der Waals surface area contributed by atoms with Gasteiger partial charge in [-0.25, -0.2) is 0 Å². The maximum atomic E-state index is 12.0. The van der Waals surface area contributed by atoms with Gasteiger partial charge in [0.15, 0.2) is 0 Å². The van der Waals surface area contributed by atoms with Gasteiger partial charge in [0.05, 0.1) is 0 Å². The first-order valence-electron chi connectivity index (χ1n) is 8.97. The SMILES string of the molecule is CC(=O)N1CCc2cc(Nc3c(NCc4cccc(O)c4)c(=O)c3=O)ccc21. The molecule has 0 unspecified atom stereocenters. The van der Waals surface area contributed by atoms with Gasteiger partial charge < -0.3 is 20.6 Å². The van der Waals surface area contributed by atoms with Gasteiger partial charge in [0.1, 0.15) is 17.1 Å². The Labute approximate surface area is 160 Å². The monoisotopic (exact) mass is 377 g/mol. The van der Waals surface area contributed by atoms with E-state index in [1.165, 1.54) is 6.92 Å². The minimum Gasteiger partial charge on any atom is -0.508 e. The summed E-state index contributed by atoms with van der Waals surface area (Å²) in [6.45, 7) is 2.49. The Morgan fingerprint density at radius 2 is 1.89 bits per heavy atom. The zero-order chi connectivity index (χ0) is 19.8. The van der Waals surface area contributed by atoms with E-state index in [4.69, 9.17) is 0 Å². The van der Waals surface area contributed by atoms with Crippen molar-refractivity contribution < 1.29 is 9.90 Å². The molecule has 0 spiro atoms. The second kappa shape index (κ2) is 6.84. The van der Waals surface area contributed by atoms with Gasteiger partial charge >= 0.3 is 0 Å². The number of rotatable bonds is 5. The second-order valence-corrected chi connectivity index (χ2v) is 6.82. The van der Waals surface area contributed by atoms with Crippen LogP contribution in [0.2, 0.25) is 0 Å². The molecule has 1 aliphatic rings. The molecule has 0 fully saturated rings. The van der Waals surface area contributed by atoms with Crippen LogP contribution >= 0.6 is 0 Å². The Kier molecular flexibility index (Phi) is 4.35. The number of amides is 1. The summed E-state index contributed by atoms with van der Waals surface area (Å²) < 4.78 is 0. The molecular weight excluding hydrogens is 358 g/mol. The fourth-order valence-corrected chi connectivity index (χ4v) is 3.49. The second-order valence-electron chi connectivity index (χ2n) is 6.82. The van der Waals surface area contributed by atoms with E-state index >= 15 is 0 Å². The van der Waals surface area contributed by atoms with Gasteiger partial charge in [0, 0.05) is 31.4 Å². The number of anilines is 4. The highest BCUT2D eigenvalue weighted by atomic mass is 16.3. The molecule has 0 radical (unpaired) electrons. The molecule has 7 nitrogen and oxygen atoms in total. The maximum Gasteiger partial charge on any atom is 0.253 e. The summed E-state index contributed by atoms with van der Waals surface area (Å²) in [7, 11) is 0. The lowest BCUT2D eigenvalue weighted by molar-refractivity contribution is -0.116. The van der Waals surface area contributed by atoms with E-state index in [9.17, 15) is 19.5 Å². The van der Waals surface area contributed by atoms with Crippen LogP contribution < -0.4 is 26.4 Å². The molecule has 1 heterocycles. The number of hydrogen-bond acceptors (Lipinski definition) is 6. The fraction of sp³-hybridized carbons (Fsp3) is 0.190. The molecule has 142 valence electrons. The summed E-state index contributed by atoms with van der Waals surface area (Å²) >= 11 is 0. The van der Waals surface area contributed by atoms with E-state index in [2.05, 4.69) is 10.6 Å². The van der Waals surface area contributed by atoms with Crippen LogP contribution in [-0.2, 0) is 17.8 Å². The molecular formula is C21H19N3O4. The molecule has 1 amide bonds. The van der Waals surface area contributed by atoms with Crippen molar-refractivity contribution in [2.24, 2.45) is 0 Å². The average molecular weight is 377 g/mol. The lowest BCUT2D eigenvalue weighted by Gasteiger charge is -2.17. The molecule has 0 atom stereocenters. The number of phenolic OH excluding ortho intramolecular Hbond substituents is 1. The van der Waals surface area contributed by atoms with Gasteiger partial charge in [0.2, 0.25) is 5.91 Å². The molecule has 28 heavy (non-hydrogen) atoms. The summed E-state index contributed by atoms with van der Waals surface area (Å²) in [6, 6.07) is 12.2. The molecule has 0 bridgehead atoms. The Morgan fingerprint density at radius 1 is 1.11 bits per heavy atom. The number of benzene rings is 2. The number of hydrogen-bond donors (Lipinski definition) is 3. The molecule has 0 aliphatic carbocycles. The number of carbonyl (C=O) groups is 1. The Balaban J connectivity index is 1.52. The highest BCUT2D eigenvalue weighted by molar-refractivity contribution is 5.94. The number of carbonyl (C=O) groups excluding carboxylic acids is 1. The predicted molar refractivity (Wildman–Crippen MR) is 108 cm³/mol. The molecule has 3 N–H and O–H groups in total. The molecule has 3 aromatic carbocycles. The van der Waals surface area contributed by atoms with Gasteiger partial charge in [-0.15, -0.1) is 0 Å². The molecule has 0 saturated carbocycles. The molecule has 7 heteroatoms. The summed E-state index contributed by atoms with van der Waals surface area (Å²) in [5.41, 5.74) is 2.72. The standard InChI is InChI=1S/C21H19N3O4/c1-12(25)24-8-7-14-10-15(5-6-17(14)24)23-19-18(20(27)21(19)28)22-11-13-3-2-4-16(26)9-13/h2-6,9-10,22-23,26H,7-8,11H2,1H3. The predicted octanol–water partition coefficient (Wildman–Crippen LogP) is 2.25.